The molecule has 1 aromatic heterocycles. The lowest BCUT2D eigenvalue weighted by Crippen LogP contribution is -2.25. The van der Waals surface area contributed by atoms with Crippen LogP contribution < -0.4 is 5.32 Å². The molecule has 0 amide bonds. The lowest BCUT2D eigenvalue weighted by molar-refractivity contribution is 0.525. The monoisotopic (exact) mass is 268 g/mol. The Kier molecular flexibility index (Phi) is 5.31. The first kappa shape index (κ1) is 14.7. The predicted octanol–water partition coefficient (Wildman–Crippen LogP) is 3.98. The summed E-state index contributed by atoms with van der Waals surface area (Å²) in [6.45, 7) is 7.38. The number of rotatable bonds is 6. The van der Waals surface area contributed by atoms with Crippen LogP contribution in [0, 0.1) is 13.8 Å². The highest BCUT2D eigenvalue weighted by molar-refractivity contribution is 5.28. The Bertz CT molecular complexity index is 534. The van der Waals surface area contributed by atoms with Gasteiger partial charge in [0.15, 0.2) is 0 Å². The molecule has 2 nitrogen and oxygen atoms in total. The number of nitrogens with one attached hydrogen (secondary N) is 1. The first-order valence-electron chi connectivity index (χ1n) is 7.42. The van der Waals surface area contributed by atoms with E-state index in [0.717, 1.165) is 30.8 Å². The zero-order valence-corrected chi connectivity index (χ0v) is 12.7. The van der Waals surface area contributed by atoms with Crippen molar-refractivity contribution in [1.82, 2.24) is 10.3 Å². The lowest BCUT2D eigenvalue weighted by Gasteiger charge is -2.21. The summed E-state index contributed by atoms with van der Waals surface area (Å²) in [5, 5.41) is 3.65. The van der Waals surface area contributed by atoms with Gasteiger partial charge in [-0.25, -0.2) is 0 Å². The highest BCUT2D eigenvalue weighted by Crippen LogP contribution is 2.21. The molecule has 1 atom stereocenters. The van der Waals surface area contributed by atoms with Gasteiger partial charge in [0.1, 0.15) is 0 Å². The first-order chi connectivity index (χ1) is 9.70. The molecule has 1 aromatic carbocycles. The fourth-order valence-electron chi connectivity index (χ4n) is 2.53. The van der Waals surface area contributed by atoms with Crippen LogP contribution in [0.15, 0.2) is 42.5 Å². The number of aromatic nitrogens is 1. The quantitative estimate of drug-likeness (QED) is 0.857. The van der Waals surface area contributed by atoms with Crippen molar-refractivity contribution in [2.24, 2.45) is 0 Å². The number of hydrogen-bond acceptors (Lipinski definition) is 2. The molecule has 0 saturated carbocycles. The molecule has 1 N–H and O–H groups in total. The van der Waals surface area contributed by atoms with Crippen molar-refractivity contribution in [3.8, 4) is 0 Å². The van der Waals surface area contributed by atoms with E-state index >= 15 is 0 Å². The third kappa shape index (κ3) is 3.91. The van der Waals surface area contributed by atoms with Crippen LogP contribution in [0.3, 0.4) is 0 Å². The average molecular weight is 268 g/mol. The maximum atomic E-state index is 4.60. The summed E-state index contributed by atoms with van der Waals surface area (Å²) in [5.74, 6) is 0. The van der Waals surface area contributed by atoms with Crippen LogP contribution in [0.5, 0.6) is 0 Å². The number of benzene rings is 1. The zero-order valence-electron chi connectivity index (χ0n) is 12.7. The van der Waals surface area contributed by atoms with E-state index in [4.69, 9.17) is 0 Å². The summed E-state index contributed by atoms with van der Waals surface area (Å²) < 4.78 is 0. The molecule has 2 aromatic rings. The van der Waals surface area contributed by atoms with Gasteiger partial charge >= 0.3 is 0 Å². The maximum absolute atomic E-state index is 4.60. The Morgan fingerprint density at radius 2 is 1.80 bits per heavy atom. The van der Waals surface area contributed by atoms with Gasteiger partial charge in [0, 0.05) is 17.4 Å². The fraction of sp³-hybridized carbons (Fsp3) is 0.389. The molecule has 2 heteroatoms. The second-order valence-electron chi connectivity index (χ2n) is 5.32. The van der Waals surface area contributed by atoms with E-state index < -0.39 is 0 Å². The van der Waals surface area contributed by atoms with E-state index in [1.54, 1.807) is 0 Å². The maximum Gasteiger partial charge on any atom is 0.0423 e. The van der Waals surface area contributed by atoms with Gasteiger partial charge in [-0.05, 0) is 50.4 Å². The highest BCUT2D eigenvalue weighted by atomic mass is 14.9. The fourth-order valence-corrected chi connectivity index (χ4v) is 2.53. The van der Waals surface area contributed by atoms with E-state index in [1.165, 1.54) is 11.1 Å². The second-order valence-corrected chi connectivity index (χ2v) is 5.32. The largest absolute Gasteiger partial charge is 0.310 e. The van der Waals surface area contributed by atoms with Crippen molar-refractivity contribution < 1.29 is 0 Å². The molecule has 2 rings (SSSR count). The van der Waals surface area contributed by atoms with Crippen molar-refractivity contribution in [3.63, 3.8) is 0 Å². The SMILES string of the molecule is CCCNC(Cc1ccccc1)c1ccc(C)nc1C. The predicted molar refractivity (Wildman–Crippen MR) is 84.9 cm³/mol. The van der Waals surface area contributed by atoms with Crippen molar-refractivity contribution in [2.45, 2.75) is 39.7 Å². The third-order valence-corrected chi connectivity index (χ3v) is 3.56. The van der Waals surface area contributed by atoms with Gasteiger partial charge in [-0.1, -0.05) is 43.3 Å². The van der Waals surface area contributed by atoms with Crippen molar-refractivity contribution in [1.29, 1.82) is 0 Å². The summed E-state index contributed by atoms with van der Waals surface area (Å²) in [7, 11) is 0. The van der Waals surface area contributed by atoms with Crippen molar-refractivity contribution >= 4 is 0 Å². The molecular formula is C18H24N2. The molecule has 0 saturated heterocycles. The van der Waals surface area contributed by atoms with Crippen LogP contribution in [0.4, 0.5) is 0 Å². The van der Waals surface area contributed by atoms with Crippen LogP contribution in [-0.4, -0.2) is 11.5 Å². The molecule has 106 valence electrons. The summed E-state index contributed by atoms with van der Waals surface area (Å²) in [6, 6.07) is 15.3. The summed E-state index contributed by atoms with van der Waals surface area (Å²) in [5.41, 5.74) is 4.89. The Hall–Kier alpha value is -1.67. The van der Waals surface area contributed by atoms with Crippen molar-refractivity contribution in [3.05, 3.63) is 65.0 Å². The Morgan fingerprint density at radius 1 is 1.05 bits per heavy atom. The van der Waals surface area contributed by atoms with Crippen LogP contribution >= 0.6 is 0 Å². The van der Waals surface area contributed by atoms with Crippen LogP contribution in [0.1, 0.15) is 41.9 Å². The first-order valence-corrected chi connectivity index (χ1v) is 7.42. The molecule has 20 heavy (non-hydrogen) atoms. The Morgan fingerprint density at radius 3 is 2.45 bits per heavy atom. The Labute approximate surface area is 122 Å². The lowest BCUT2D eigenvalue weighted by atomic mass is 9.97. The highest BCUT2D eigenvalue weighted by Gasteiger charge is 2.14. The smallest absolute Gasteiger partial charge is 0.0423 e. The van der Waals surface area contributed by atoms with Crippen LogP contribution in [0.2, 0.25) is 0 Å². The van der Waals surface area contributed by atoms with E-state index in [1.807, 2.05) is 6.92 Å². The minimum Gasteiger partial charge on any atom is -0.310 e. The van der Waals surface area contributed by atoms with E-state index in [2.05, 4.69) is 66.6 Å². The Balaban J connectivity index is 2.22. The topological polar surface area (TPSA) is 24.9 Å². The summed E-state index contributed by atoms with van der Waals surface area (Å²) in [6.07, 6.45) is 2.15. The molecule has 0 fully saturated rings. The number of nitrogens with zero attached hydrogens (tertiary/aromatic N) is 1. The van der Waals surface area contributed by atoms with Crippen molar-refractivity contribution in [2.75, 3.05) is 6.54 Å². The van der Waals surface area contributed by atoms with E-state index in [0.29, 0.717) is 6.04 Å². The zero-order chi connectivity index (χ0) is 14.4. The summed E-state index contributed by atoms with van der Waals surface area (Å²) in [4.78, 5) is 4.60. The van der Waals surface area contributed by atoms with Gasteiger partial charge < -0.3 is 5.32 Å². The minimum absolute atomic E-state index is 0.338. The third-order valence-electron chi connectivity index (χ3n) is 3.56. The molecule has 0 spiro atoms. The van der Waals surface area contributed by atoms with Gasteiger partial charge in [0.05, 0.1) is 0 Å². The molecule has 0 radical (unpaired) electrons. The molecular weight excluding hydrogens is 244 g/mol. The van der Waals surface area contributed by atoms with Crippen LogP contribution in [0.25, 0.3) is 0 Å². The standard InChI is InChI=1S/C18H24N2/c1-4-12-19-18(13-16-8-6-5-7-9-16)17-11-10-14(2)20-15(17)3/h5-11,18-19H,4,12-13H2,1-3H3. The second kappa shape index (κ2) is 7.20. The normalized spacial score (nSPS) is 12.3. The summed E-state index contributed by atoms with van der Waals surface area (Å²) >= 11 is 0. The van der Waals surface area contributed by atoms with Gasteiger partial charge in [0.2, 0.25) is 0 Å². The van der Waals surface area contributed by atoms with E-state index in [9.17, 15) is 0 Å². The van der Waals surface area contributed by atoms with Gasteiger partial charge in [0.25, 0.3) is 0 Å². The van der Waals surface area contributed by atoms with Gasteiger partial charge in [-0.2, -0.15) is 0 Å². The minimum atomic E-state index is 0.338. The number of pyridine rings is 1. The molecule has 1 heterocycles. The van der Waals surface area contributed by atoms with E-state index in [-0.39, 0.29) is 0 Å². The molecule has 0 aliphatic heterocycles. The molecule has 1 unspecified atom stereocenters. The van der Waals surface area contributed by atoms with Gasteiger partial charge in [-0.3, -0.25) is 4.98 Å². The molecule has 0 aliphatic rings. The number of aryl methyl sites for hydroxylation is 2. The molecule has 0 bridgehead atoms. The number of hydrogen-bond donors (Lipinski definition) is 1. The van der Waals surface area contributed by atoms with Gasteiger partial charge in [-0.15, -0.1) is 0 Å². The molecule has 0 aliphatic carbocycles. The average Bonchev–Trinajstić information content (AvgIpc) is 2.45. The van der Waals surface area contributed by atoms with Crippen LogP contribution in [-0.2, 0) is 6.42 Å².